The second-order valence-corrected chi connectivity index (χ2v) is 24.7. The standard InChI is InChI=1S/C56H63F3N10O6S2/c1-33(60-22-36-8-12-38(13-9-36)51-34(2)63-32-76-51)46-21-41(70)26-69(46)54(73)52(55(3,4)5)64-47(71)27-67-30-56(31-67)28-66(29-56)18-16-35-6-10-37(11-7-35)39-20-42-43(24-62-53(42)61-23-39)50(72)48-44(58)14-15-45(49(48)59)65-77(74,75)68-19-17-40(57)25-68/h6-15,20,23-24,32,40-41,46,52,60,65,70H,1,16-19,21-22,25-31H2,2-5H3,(H,61,62)(H,64,71)/t40-,41-,46+,52-/m1/s1. The predicted molar refractivity (Wildman–Crippen MR) is 290 cm³/mol. The second kappa shape index (κ2) is 21.4. The Morgan fingerprint density at radius 2 is 1.65 bits per heavy atom. The summed E-state index contributed by atoms with van der Waals surface area (Å²) in [4.78, 5) is 60.7. The Hall–Kier alpha value is -6.49. The van der Waals surface area contributed by atoms with E-state index in [1.807, 2.05) is 62.2 Å². The van der Waals surface area contributed by atoms with Crippen LogP contribution >= 0.6 is 11.3 Å². The van der Waals surface area contributed by atoms with Crippen molar-refractivity contribution in [2.45, 2.75) is 77.9 Å². The number of amides is 2. The largest absolute Gasteiger partial charge is 0.391 e. The maximum atomic E-state index is 15.8. The number of aromatic nitrogens is 3. The predicted octanol–water partition coefficient (Wildman–Crippen LogP) is 6.83. The maximum Gasteiger partial charge on any atom is 0.301 e. The molecule has 4 aliphatic rings. The van der Waals surface area contributed by atoms with Gasteiger partial charge in [0.05, 0.1) is 46.0 Å². The number of likely N-dealkylation sites (tertiary alicyclic amines) is 3. The van der Waals surface area contributed by atoms with E-state index in [1.165, 1.54) is 6.20 Å². The van der Waals surface area contributed by atoms with Crippen LogP contribution in [-0.4, -0.2) is 148 Å². The molecule has 4 aliphatic heterocycles. The van der Waals surface area contributed by atoms with Gasteiger partial charge in [0.15, 0.2) is 5.82 Å². The number of pyridine rings is 1. The van der Waals surface area contributed by atoms with Gasteiger partial charge in [-0.2, -0.15) is 12.7 Å². The fourth-order valence-electron chi connectivity index (χ4n) is 11.2. The number of ketones is 1. The van der Waals surface area contributed by atoms with Crippen molar-refractivity contribution >= 4 is 55.9 Å². The first-order valence-electron chi connectivity index (χ1n) is 25.8. The molecule has 16 nitrogen and oxygen atoms in total. The summed E-state index contributed by atoms with van der Waals surface area (Å²) >= 11 is 1.61. The van der Waals surface area contributed by atoms with E-state index in [2.05, 4.69) is 66.2 Å². The molecule has 4 saturated heterocycles. The average Bonchev–Trinajstić information content (AvgIpc) is 4.27. The Labute approximate surface area is 449 Å². The van der Waals surface area contributed by atoms with E-state index in [0.29, 0.717) is 35.3 Å². The van der Waals surface area contributed by atoms with Gasteiger partial charge in [0.1, 0.15) is 23.7 Å². The Balaban J connectivity index is 0.686. The van der Waals surface area contributed by atoms with Crippen molar-refractivity contribution in [2.24, 2.45) is 10.8 Å². The zero-order valence-electron chi connectivity index (χ0n) is 43.4. The lowest BCUT2D eigenvalue weighted by Crippen LogP contribution is -2.73. The van der Waals surface area contributed by atoms with Crippen LogP contribution in [0.15, 0.2) is 96.9 Å². The van der Waals surface area contributed by atoms with Gasteiger partial charge in [0.25, 0.3) is 0 Å². The Morgan fingerprint density at radius 1 is 0.948 bits per heavy atom. The number of thiazole rings is 1. The van der Waals surface area contributed by atoms with Gasteiger partial charge in [-0.1, -0.05) is 75.9 Å². The van der Waals surface area contributed by atoms with Gasteiger partial charge in [-0.15, -0.1) is 11.3 Å². The number of hydrogen-bond acceptors (Lipinski definition) is 12. The lowest BCUT2D eigenvalue weighted by molar-refractivity contribution is -0.144. The third-order valence-corrected chi connectivity index (χ3v) is 17.7. The molecule has 3 aromatic carbocycles. The molecule has 77 heavy (non-hydrogen) atoms. The molecule has 2 amide bonds. The van der Waals surface area contributed by atoms with Crippen molar-refractivity contribution in [1.29, 1.82) is 0 Å². The topological polar surface area (TPSA) is 196 Å². The number of halogens is 3. The molecule has 406 valence electrons. The van der Waals surface area contributed by atoms with Crippen LogP contribution in [0.4, 0.5) is 18.9 Å². The van der Waals surface area contributed by atoms with Crippen LogP contribution in [0.25, 0.3) is 32.6 Å². The quantitative estimate of drug-likeness (QED) is 0.0567. The summed E-state index contributed by atoms with van der Waals surface area (Å²) in [7, 11) is -4.37. The minimum absolute atomic E-state index is 0.00363. The summed E-state index contributed by atoms with van der Waals surface area (Å²) in [5, 5.41) is 17.5. The molecule has 6 aromatic rings. The number of benzene rings is 3. The Bertz CT molecular complexity index is 3330. The molecule has 4 atom stereocenters. The van der Waals surface area contributed by atoms with Crippen molar-refractivity contribution in [1.82, 2.24) is 44.6 Å². The fourth-order valence-corrected chi connectivity index (χ4v) is 13.2. The van der Waals surface area contributed by atoms with Crippen molar-refractivity contribution in [3.63, 3.8) is 0 Å². The molecule has 7 heterocycles. The van der Waals surface area contributed by atoms with Crippen LogP contribution in [0.2, 0.25) is 0 Å². The molecule has 0 radical (unpaired) electrons. The number of alkyl halides is 1. The third kappa shape index (κ3) is 11.4. The molecule has 4 fully saturated rings. The summed E-state index contributed by atoms with van der Waals surface area (Å²) in [6, 6.07) is 18.3. The van der Waals surface area contributed by atoms with Crippen molar-refractivity contribution in [3.05, 3.63) is 136 Å². The Kier molecular flexibility index (Phi) is 15.0. The molecular weight excluding hydrogens is 1030 g/mol. The SMILES string of the molecule is C=C(NCc1ccc(-c2scnc2C)cc1)[C@@H]1C[C@@H](O)CN1C(=O)[C@@H](NC(=O)CN1CC2(CN(CCc3ccc(-c4cnc5[nH]cc(C(=O)c6c(F)ccc(NS(=O)(=O)N7CC[C@@H](F)C7)c6F)c5c4)cc3)C2)C1)C(C)(C)C. The molecule has 3 aromatic heterocycles. The number of rotatable bonds is 18. The van der Waals surface area contributed by atoms with Crippen LogP contribution in [0.1, 0.15) is 66.4 Å². The van der Waals surface area contributed by atoms with E-state index in [4.69, 9.17) is 0 Å². The molecule has 0 saturated carbocycles. The van der Waals surface area contributed by atoms with Gasteiger partial charge < -0.3 is 30.5 Å². The number of fused-ring (bicyclic) bond motifs is 1. The van der Waals surface area contributed by atoms with E-state index < -0.39 is 75.2 Å². The number of nitrogens with one attached hydrogen (secondary N) is 4. The van der Waals surface area contributed by atoms with Gasteiger partial charge in [0, 0.05) is 105 Å². The highest BCUT2D eigenvalue weighted by atomic mass is 32.2. The first kappa shape index (κ1) is 53.9. The summed E-state index contributed by atoms with van der Waals surface area (Å²) < 4.78 is 73.3. The van der Waals surface area contributed by atoms with Gasteiger partial charge in [-0.3, -0.25) is 24.0 Å². The van der Waals surface area contributed by atoms with E-state index in [0.717, 1.165) is 88.4 Å². The number of carbonyl (C=O) groups excluding carboxylic acids is 3. The Morgan fingerprint density at radius 3 is 2.32 bits per heavy atom. The number of nitrogens with zero attached hydrogens (tertiary/aromatic N) is 6. The normalized spacial score (nSPS) is 20.3. The van der Waals surface area contributed by atoms with Gasteiger partial charge >= 0.3 is 10.2 Å². The van der Waals surface area contributed by atoms with Crippen LogP contribution in [0, 0.1) is 29.4 Å². The number of hydrogen-bond donors (Lipinski definition) is 5. The monoisotopic (exact) mass is 1090 g/mol. The molecule has 10 rings (SSSR count). The summed E-state index contributed by atoms with van der Waals surface area (Å²) in [5.41, 5.74) is 6.42. The van der Waals surface area contributed by atoms with Crippen LogP contribution in [-0.2, 0) is 32.8 Å². The summed E-state index contributed by atoms with van der Waals surface area (Å²) in [6.07, 6.45) is 2.02. The molecule has 5 N–H and O–H groups in total. The fraction of sp³-hybridized carbons (Fsp3) is 0.411. The van der Waals surface area contributed by atoms with Crippen molar-refractivity contribution in [3.8, 4) is 21.6 Å². The lowest BCUT2D eigenvalue weighted by atomic mass is 9.72. The summed E-state index contributed by atoms with van der Waals surface area (Å²) in [6.45, 7) is 16.6. The van der Waals surface area contributed by atoms with E-state index in [-0.39, 0.29) is 48.8 Å². The van der Waals surface area contributed by atoms with Crippen molar-refractivity contribution in [2.75, 3.05) is 63.6 Å². The molecular formula is C56H63F3N10O6S2. The minimum Gasteiger partial charge on any atom is -0.391 e. The lowest BCUT2D eigenvalue weighted by Gasteiger charge is -2.60. The molecule has 21 heteroatoms. The first-order chi connectivity index (χ1) is 36.6. The number of carbonyl (C=O) groups is 3. The van der Waals surface area contributed by atoms with E-state index in [1.54, 1.807) is 28.5 Å². The average molecular weight is 1090 g/mol. The third-order valence-electron chi connectivity index (χ3n) is 15.2. The highest BCUT2D eigenvalue weighted by molar-refractivity contribution is 7.90. The highest BCUT2D eigenvalue weighted by Gasteiger charge is 2.52. The van der Waals surface area contributed by atoms with Gasteiger partial charge in [-0.25, -0.2) is 23.1 Å². The van der Waals surface area contributed by atoms with E-state index >= 15 is 8.78 Å². The van der Waals surface area contributed by atoms with Gasteiger partial charge in [0.2, 0.25) is 17.6 Å². The highest BCUT2D eigenvalue weighted by Crippen LogP contribution is 2.40. The number of β-amino-alcohol motifs (C(OH)–C–C–N with tert-alkyl or cyclic N) is 1. The number of aliphatic hydroxyl groups excluding tert-OH is 1. The van der Waals surface area contributed by atoms with Crippen LogP contribution in [0.3, 0.4) is 0 Å². The van der Waals surface area contributed by atoms with Crippen LogP contribution < -0.4 is 15.4 Å². The number of H-pyrrole nitrogens is 1. The second-order valence-electron chi connectivity index (χ2n) is 22.2. The van der Waals surface area contributed by atoms with E-state index in [9.17, 15) is 32.3 Å². The van der Waals surface area contributed by atoms with Crippen molar-refractivity contribution < 1.29 is 41.1 Å². The van der Waals surface area contributed by atoms with Gasteiger partial charge in [-0.05, 0) is 65.6 Å². The smallest absolute Gasteiger partial charge is 0.301 e. The zero-order chi connectivity index (χ0) is 54.6. The number of anilines is 1. The van der Waals surface area contributed by atoms with Crippen LogP contribution in [0.5, 0.6) is 0 Å². The molecule has 0 unspecified atom stereocenters. The zero-order valence-corrected chi connectivity index (χ0v) is 45.0. The minimum atomic E-state index is -4.37. The number of aliphatic hydroxyl groups is 1. The first-order valence-corrected chi connectivity index (χ1v) is 28.1. The summed E-state index contributed by atoms with van der Waals surface area (Å²) in [5.74, 6) is -4.05. The molecule has 0 bridgehead atoms. The molecule has 0 aliphatic carbocycles. The number of aryl methyl sites for hydroxylation is 1. The number of aromatic amines is 1. The maximum absolute atomic E-state index is 15.8. The molecule has 1 spiro atoms.